The molecule has 0 spiro atoms. The molecule has 0 bridgehead atoms. The molecule has 0 amide bonds. The summed E-state index contributed by atoms with van der Waals surface area (Å²) in [6, 6.07) is 10.5. The first-order valence-electron chi connectivity index (χ1n) is 6.08. The Morgan fingerprint density at radius 2 is 1.95 bits per heavy atom. The van der Waals surface area contributed by atoms with Gasteiger partial charge in [-0.3, -0.25) is 0 Å². The lowest BCUT2D eigenvalue weighted by molar-refractivity contribution is 0.583. The number of nitrogens with one attached hydrogen (secondary N) is 1. The topological polar surface area (TPSA) is 12.0 Å². The van der Waals surface area contributed by atoms with Crippen LogP contribution in [0.2, 0.25) is 5.02 Å². The third kappa shape index (κ3) is 3.61. The highest BCUT2D eigenvalue weighted by molar-refractivity contribution is 9.10. The molecule has 0 fully saturated rings. The predicted molar refractivity (Wildman–Crippen MR) is 88.8 cm³/mol. The van der Waals surface area contributed by atoms with Gasteiger partial charge in [-0.2, -0.15) is 0 Å². The minimum Gasteiger partial charge on any atom is -0.313 e. The Kier molecular flexibility index (Phi) is 5.61. The Bertz CT molecular complexity index is 619. The number of rotatable bonds is 4. The van der Waals surface area contributed by atoms with E-state index in [9.17, 15) is 4.39 Å². The van der Waals surface area contributed by atoms with E-state index in [0.29, 0.717) is 11.4 Å². The number of likely N-dealkylation sites (N-methyl/N-ethyl adjacent to an activating group) is 1. The summed E-state index contributed by atoms with van der Waals surface area (Å²) in [6.45, 7) is 0. The first-order chi connectivity index (χ1) is 9.52. The lowest BCUT2D eigenvalue weighted by Gasteiger charge is -2.19. The van der Waals surface area contributed by atoms with Crippen molar-refractivity contribution in [2.24, 2.45) is 0 Å². The summed E-state index contributed by atoms with van der Waals surface area (Å²) in [5.41, 5.74) is 1.89. The molecule has 1 N–H and O–H groups in total. The molecule has 1 nitrogen and oxygen atoms in total. The molecule has 106 valence electrons. The lowest BCUT2D eigenvalue weighted by atomic mass is 9.99. The van der Waals surface area contributed by atoms with Gasteiger partial charge in [0, 0.05) is 15.0 Å². The normalized spacial score (nSPS) is 12.4. The van der Waals surface area contributed by atoms with Gasteiger partial charge in [-0.15, -0.1) is 0 Å². The monoisotopic (exact) mass is 419 g/mol. The maximum atomic E-state index is 13.4. The number of benzene rings is 2. The molecule has 0 radical (unpaired) electrons. The summed E-state index contributed by atoms with van der Waals surface area (Å²) in [6.07, 6.45) is 0.644. The van der Waals surface area contributed by atoms with E-state index in [1.165, 1.54) is 6.07 Å². The van der Waals surface area contributed by atoms with Crippen LogP contribution in [0.4, 0.5) is 4.39 Å². The molecule has 0 aliphatic rings. The molecule has 1 atom stereocenters. The van der Waals surface area contributed by atoms with Gasteiger partial charge < -0.3 is 5.32 Å². The van der Waals surface area contributed by atoms with Crippen molar-refractivity contribution < 1.29 is 4.39 Å². The summed E-state index contributed by atoms with van der Waals surface area (Å²) in [4.78, 5) is 0. The zero-order chi connectivity index (χ0) is 14.7. The second-order valence-electron chi connectivity index (χ2n) is 4.42. The van der Waals surface area contributed by atoms with E-state index >= 15 is 0 Å². The summed E-state index contributed by atoms with van der Waals surface area (Å²) in [5.74, 6) is -0.238. The number of hydrogen-bond donors (Lipinski definition) is 1. The van der Waals surface area contributed by atoms with Crippen molar-refractivity contribution in [3.05, 3.63) is 67.3 Å². The minimum atomic E-state index is -0.238. The second-order valence-corrected chi connectivity index (χ2v) is 6.51. The molecule has 0 aliphatic heterocycles. The van der Waals surface area contributed by atoms with Gasteiger partial charge in [-0.25, -0.2) is 4.39 Å². The smallest absolute Gasteiger partial charge is 0.123 e. The lowest BCUT2D eigenvalue weighted by Crippen LogP contribution is -2.19. The van der Waals surface area contributed by atoms with E-state index in [1.807, 2.05) is 25.2 Å². The van der Waals surface area contributed by atoms with Crippen molar-refractivity contribution in [1.29, 1.82) is 0 Å². The zero-order valence-electron chi connectivity index (χ0n) is 10.8. The first kappa shape index (κ1) is 16.0. The van der Waals surface area contributed by atoms with Gasteiger partial charge in [0.1, 0.15) is 5.82 Å². The van der Waals surface area contributed by atoms with Crippen LogP contribution >= 0.6 is 43.5 Å². The fraction of sp³-hybridized carbons (Fsp3) is 0.200. The molecular weight excluding hydrogens is 408 g/mol. The van der Waals surface area contributed by atoms with Crippen molar-refractivity contribution in [2.75, 3.05) is 7.05 Å². The fourth-order valence-electron chi connectivity index (χ4n) is 2.08. The van der Waals surface area contributed by atoms with Crippen LogP contribution in [0.1, 0.15) is 17.2 Å². The molecular formula is C15H13Br2ClFN. The third-order valence-corrected chi connectivity index (χ3v) is 5.22. The van der Waals surface area contributed by atoms with E-state index in [2.05, 4.69) is 37.2 Å². The highest BCUT2D eigenvalue weighted by Crippen LogP contribution is 2.32. The Labute approximate surface area is 139 Å². The minimum absolute atomic E-state index is 0.0121. The van der Waals surface area contributed by atoms with Crippen LogP contribution in [0.25, 0.3) is 0 Å². The van der Waals surface area contributed by atoms with Gasteiger partial charge in [0.2, 0.25) is 0 Å². The summed E-state index contributed by atoms with van der Waals surface area (Å²) >= 11 is 13.2. The SMILES string of the molecule is CNC(Cc1cc(F)ccc1Br)c1cccc(Br)c1Cl. The Hall–Kier alpha value is -0.420. The largest absolute Gasteiger partial charge is 0.313 e. The van der Waals surface area contributed by atoms with Crippen molar-refractivity contribution in [3.8, 4) is 0 Å². The van der Waals surface area contributed by atoms with Gasteiger partial charge in [-0.1, -0.05) is 39.7 Å². The molecule has 2 rings (SSSR count). The average Bonchev–Trinajstić information content (AvgIpc) is 2.43. The van der Waals surface area contributed by atoms with Crippen LogP contribution in [-0.2, 0) is 6.42 Å². The number of hydrogen-bond acceptors (Lipinski definition) is 1. The molecule has 0 heterocycles. The summed E-state index contributed by atoms with van der Waals surface area (Å²) < 4.78 is 15.1. The second kappa shape index (κ2) is 7.03. The van der Waals surface area contributed by atoms with E-state index in [1.54, 1.807) is 12.1 Å². The highest BCUT2D eigenvalue weighted by atomic mass is 79.9. The van der Waals surface area contributed by atoms with Crippen molar-refractivity contribution in [3.63, 3.8) is 0 Å². The Morgan fingerprint density at radius 3 is 2.65 bits per heavy atom. The van der Waals surface area contributed by atoms with Crippen molar-refractivity contribution in [2.45, 2.75) is 12.5 Å². The van der Waals surface area contributed by atoms with Crippen molar-refractivity contribution >= 4 is 43.5 Å². The zero-order valence-corrected chi connectivity index (χ0v) is 14.7. The maximum Gasteiger partial charge on any atom is 0.123 e. The van der Waals surface area contributed by atoms with Gasteiger partial charge in [-0.05, 0) is 64.8 Å². The van der Waals surface area contributed by atoms with E-state index in [4.69, 9.17) is 11.6 Å². The maximum absolute atomic E-state index is 13.4. The van der Waals surface area contributed by atoms with Crippen LogP contribution in [0.3, 0.4) is 0 Å². The third-order valence-electron chi connectivity index (χ3n) is 3.14. The predicted octanol–water partition coefficient (Wildman–Crippen LogP) is 5.51. The molecule has 1 unspecified atom stereocenters. The first-order valence-corrected chi connectivity index (χ1v) is 8.04. The Morgan fingerprint density at radius 1 is 1.20 bits per heavy atom. The number of halogens is 4. The van der Waals surface area contributed by atoms with Gasteiger partial charge in [0.05, 0.1) is 5.02 Å². The van der Waals surface area contributed by atoms with E-state index in [-0.39, 0.29) is 11.9 Å². The standard InChI is InChI=1S/C15H13Br2ClFN/c1-20-14(11-3-2-4-13(17)15(11)18)8-9-7-10(19)5-6-12(9)16/h2-7,14,20H,8H2,1H3. The fourth-order valence-corrected chi connectivity index (χ4v) is 3.12. The molecule has 20 heavy (non-hydrogen) atoms. The van der Waals surface area contributed by atoms with Gasteiger partial charge >= 0.3 is 0 Å². The molecule has 0 aromatic heterocycles. The van der Waals surface area contributed by atoms with Crippen LogP contribution in [0.5, 0.6) is 0 Å². The van der Waals surface area contributed by atoms with Gasteiger partial charge in [0.25, 0.3) is 0 Å². The van der Waals surface area contributed by atoms with Crippen molar-refractivity contribution in [1.82, 2.24) is 5.32 Å². The molecule has 5 heteroatoms. The molecule has 0 aliphatic carbocycles. The van der Waals surface area contributed by atoms with Gasteiger partial charge in [0.15, 0.2) is 0 Å². The van der Waals surface area contributed by atoms with Crippen LogP contribution in [0, 0.1) is 5.82 Å². The summed E-state index contributed by atoms with van der Waals surface area (Å²) in [7, 11) is 1.87. The average molecular weight is 422 g/mol. The quantitative estimate of drug-likeness (QED) is 0.687. The molecule has 0 saturated carbocycles. The van der Waals surface area contributed by atoms with E-state index < -0.39 is 0 Å². The Balaban J connectivity index is 2.34. The summed E-state index contributed by atoms with van der Waals surface area (Å²) in [5, 5.41) is 3.91. The molecule has 0 saturated heterocycles. The highest BCUT2D eigenvalue weighted by Gasteiger charge is 2.16. The van der Waals surface area contributed by atoms with Crippen LogP contribution < -0.4 is 5.32 Å². The van der Waals surface area contributed by atoms with E-state index in [0.717, 1.165) is 20.1 Å². The molecule has 2 aromatic rings. The van der Waals surface area contributed by atoms with Crippen LogP contribution in [0.15, 0.2) is 45.3 Å². The molecule has 2 aromatic carbocycles. The van der Waals surface area contributed by atoms with Crippen LogP contribution in [-0.4, -0.2) is 7.05 Å².